The zero-order chi connectivity index (χ0) is 15.4. The van der Waals surface area contributed by atoms with Gasteiger partial charge in [0, 0.05) is 28.6 Å². The Morgan fingerprint density at radius 3 is 2.81 bits per heavy atom. The number of benzene rings is 1. The molecule has 1 atom stereocenters. The molecule has 21 heavy (non-hydrogen) atoms. The molecular formula is C16H19FN2S2. The Morgan fingerprint density at radius 1 is 1.43 bits per heavy atom. The van der Waals surface area contributed by atoms with Gasteiger partial charge in [-0.05, 0) is 50.0 Å². The molecule has 0 fully saturated rings. The topological polar surface area (TPSA) is 29.3 Å². The summed E-state index contributed by atoms with van der Waals surface area (Å²) in [7, 11) is 2.01. The molecule has 0 aliphatic carbocycles. The van der Waals surface area contributed by atoms with E-state index in [-0.39, 0.29) is 5.82 Å². The summed E-state index contributed by atoms with van der Waals surface area (Å²) in [5.41, 5.74) is 6.95. The van der Waals surface area contributed by atoms with Gasteiger partial charge >= 0.3 is 0 Å². The smallest absolute Gasteiger partial charge is 0.127 e. The number of rotatable bonds is 6. The van der Waals surface area contributed by atoms with E-state index in [2.05, 4.69) is 29.3 Å². The Morgan fingerprint density at radius 2 is 2.19 bits per heavy atom. The SMILES string of the molecule is CC(Cc1cccs1)N(C)Cc1cc(C(N)=S)ccc1F. The first-order valence-corrected chi connectivity index (χ1v) is 8.07. The van der Waals surface area contributed by atoms with E-state index < -0.39 is 0 Å². The molecule has 2 N–H and O–H groups in total. The highest BCUT2D eigenvalue weighted by atomic mass is 32.1. The van der Waals surface area contributed by atoms with Gasteiger partial charge in [0.2, 0.25) is 0 Å². The van der Waals surface area contributed by atoms with Crippen molar-refractivity contribution >= 4 is 28.5 Å². The number of thiophene rings is 1. The molecule has 0 aliphatic rings. The van der Waals surface area contributed by atoms with E-state index in [1.165, 1.54) is 10.9 Å². The number of nitrogens with zero attached hydrogens (tertiary/aromatic N) is 1. The predicted octanol–water partition coefficient (Wildman–Crippen LogP) is 3.58. The first kappa shape index (κ1) is 16.1. The van der Waals surface area contributed by atoms with Gasteiger partial charge in [-0.2, -0.15) is 0 Å². The second-order valence-electron chi connectivity index (χ2n) is 5.22. The number of nitrogens with two attached hydrogens (primary N) is 1. The molecule has 2 nitrogen and oxygen atoms in total. The summed E-state index contributed by atoms with van der Waals surface area (Å²) < 4.78 is 13.9. The highest BCUT2D eigenvalue weighted by Gasteiger charge is 2.14. The number of thiocarbonyl (C=S) groups is 1. The number of halogens is 1. The fourth-order valence-corrected chi connectivity index (χ4v) is 3.10. The van der Waals surface area contributed by atoms with Crippen LogP contribution in [-0.2, 0) is 13.0 Å². The molecule has 0 amide bonds. The lowest BCUT2D eigenvalue weighted by molar-refractivity contribution is 0.245. The summed E-state index contributed by atoms with van der Waals surface area (Å²) in [6.07, 6.45) is 0.963. The molecule has 1 heterocycles. The molecule has 5 heteroatoms. The lowest BCUT2D eigenvalue weighted by atomic mass is 10.1. The highest BCUT2D eigenvalue weighted by Crippen LogP contribution is 2.17. The summed E-state index contributed by atoms with van der Waals surface area (Å²) in [4.78, 5) is 3.78. The average Bonchev–Trinajstić information content (AvgIpc) is 2.93. The maximum atomic E-state index is 13.9. The van der Waals surface area contributed by atoms with E-state index in [1.807, 2.05) is 7.05 Å². The molecule has 1 aromatic heterocycles. The average molecular weight is 322 g/mol. The normalized spacial score (nSPS) is 12.6. The molecule has 1 unspecified atom stereocenters. The monoisotopic (exact) mass is 322 g/mol. The second kappa shape index (κ2) is 7.11. The summed E-state index contributed by atoms with van der Waals surface area (Å²) in [6, 6.07) is 9.31. The number of likely N-dealkylation sites (N-methyl/N-ethyl adjacent to an activating group) is 1. The van der Waals surface area contributed by atoms with Gasteiger partial charge in [-0.25, -0.2) is 4.39 Å². The quantitative estimate of drug-likeness (QED) is 0.824. The van der Waals surface area contributed by atoms with Crippen LogP contribution in [0.2, 0.25) is 0 Å². The summed E-state index contributed by atoms with van der Waals surface area (Å²) >= 11 is 6.70. The third kappa shape index (κ3) is 4.33. The molecule has 2 rings (SSSR count). The van der Waals surface area contributed by atoms with E-state index in [1.54, 1.807) is 23.5 Å². The van der Waals surface area contributed by atoms with Crippen molar-refractivity contribution in [1.29, 1.82) is 0 Å². The molecule has 112 valence electrons. The largest absolute Gasteiger partial charge is 0.389 e. The van der Waals surface area contributed by atoms with E-state index in [9.17, 15) is 4.39 Å². The molecule has 0 saturated carbocycles. The first-order chi connectivity index (χ1) is 9.97. The zero-order valence-corrected chi connectivity index (χ0v) is 13.8. The molecule has 1 aromatic carbocycles. The lowest BCUT2D eigenvalue weighted by Gasteiger charge is -2.24. The van der Waals surface area contributed by atoms with Crippen LogP contribution in [0.15, 0.2) is 35.7 Å². The van der Waals surface area contributed by atoms with Gasteiger partial charge in [0.1, 0.15) is 10.8 Å². The summed E-state index contributed by atoms with van der Waals surface area (Å²) in [5, 5.41) is 2.08. The fourth-order valence-electron chi connectivity index (χ4n) is 2.15. The summed E-state index contributed by atoms with van der Waals surface area (Å²) in [5.74, 6) is -0.217. The first-order valence-electron chi connectivity index (χ1n) is 6.78. The Bertz CT molecular complexity index is 611. The molecule has 0 bridgehead atoms. The van der Waals surface area contributed by atoms with Gasteiger partial charge in [-0.1, -0.05) is 18.3 Å². The van der Waals surface area contributed by atoms with Crippen molar-refractivity contribution in [2.45, 2.75) is 25.9 Å². The zero-order valence-electron chi connectivity index (χ0n) is 12.2. The van der Waals surface area contributed by atoms with Gasteiger partial charge < -0.3 is 5.73 Å². The van der Waals surface area contributed by atoms with Crippen LogP contribution in [0, 0.1) is 5.82 Å². The molecule has 0 aliphatic heterocycles. The van der Waals surface area contributed by atoms with Crippen molar-refractivity contribution in [1.82, 2.24) is 4.90 Å². The van der Waals surface area contributed by atoms with Crippen LogP contribution < -0.4 is 5.73 Å². The van der Waals surface area contributed by atoms with Gasteiger partial charge in [-0.3, -0.25) is 4.90 Å². The molecule has 2 aromatic rings. The minimum Gasteiger partial charge on any atom is -0.389 e. The van der Waals surface area contributed by atoms with Gasteiger partial charge in [-0.15, -0.1) is 11.3 Å². The standard InChI is InChI=1S/C16H19FN2S2/c1-11(8-14-4-3-7-21-14)19(2)10-13-9-12(16(18)20)5-6-15(13)17/h3-7,9,11H,8,10H2,1-2H3,(H2,18,20). The van der Waals surface area contributed by atoms with Crippen LogP contribution in [0.3, 0.4) is 0 Å². The van der Waals surface area contributed by atoms with Crippen molar-refractivity contribution < 1.29 is 4.39 Å². The third-order valence-corrected chi connectivity index (χ3v) is 4.71. The van der Waals surface area contributed by atoms with Crippen molar-refractivity contribution in [3.8, 4) is 0 Å². The summed E-state index contributed by atoms with van der Waals surface area (Å²) in [6.45, 7) is 2.68. The second-order valence-corrected chi connectivity index (χ2v) is 6.69. The van der Waals surface area contributed by atoms with Crippen molar-refractivity contribution in [3.05, 3.63) is 57.5 Å². The van der Waals surface area contributed by atoms with Gasteiger partial charge in [0.05, 0.1) is 0 Å². The Labute approximate surface area is 134 Å². The van der Waals surface area contributed by atoms with E-state index >= 15 is 0 Å². The minimum atomic E-state index is -0.217. The maximum absolute atomic E-state index is 13.9. The van der Waals surface area contributed by atoms with Crippen LogP contribution in [0.4, 0.5) is 4.39 Å². The van der Waals surface area contributed by atoms with Gasteiger partial charge in [0.25, 0.3) is 0 Å². The van der Waals surface area contributed by atoms with E-state index in [0.29, 0.717) is 28.7 Å². The Hall–Kier alpha value is -1.30. The number of hydrogen-bond donors (Lipinski definition) is 1. The Balaban J connectivity index is 2.06. The third-order valence-electron chi connectivity index (χ3n) is 3.58. The minimum absolute atomic E-state index is 0.217. The molecular weight excluding hydrogens is 303 g/mol. The van der Waals surface area contributed by atoms with Gasteiger partial charge in [0.15, 0.2) is 0 Å². The van der Waals surface area contributed by atoms with E-state index in [4.69, 9.17) is 18.0 Å². The van der Waals surface area contributed by atoms with Crippen LogP contribution in [0.5, 0.6) is 0 Å². The number of hydrogen-bond acceptors (Lipinski definition) is 3. The van der Waals surface area contributed by atoms with Crippen LogP contribution in [-0.4, -0.2) is 23.0 Å². The van der Waals surface area contributed by atoms with Crippen LogP contribution in [0.1, 0.15) is 22.9 Å². The Kier molecular flexibility index (Phi) is 5.45. The van der Waals surface area contributed by atoms with Crippen LogP contribution in [0.25, 0.3) is 0 Å². The van der Waals surface area contributed by atoms with Crippen molar-refractivity contribution in [2.24, 2.45) is 5.73 Å². The van der Waals surface area contributed by atoms with E-state index in [0.717, 1.165) is 6.42 Å². The maximum Gasteiger partial charge on any atom is 0.127 e. The highest BCUT2D eigenvalue weighted by molar-refractivity contribution is 7.80. The molecule has 0 spiro atoms. The molecule has 0 saturated heterocycles. The van der Waals surface area contributed by atoms with Crippen LogP contribution >= 0.6 is 23.6 Å². The molecule has 0 radical (unpaired) electrons. The van der Waals surface area contributed by atoms with Crippen molar-refractivity contribution in [2.75, 3.05) is 7.05 Å². The lowest BCUT2D eigenvalue weighted by Crippen LogP contribution is -2.30. The predicted molar refractivity (Wildman–Crippen MR) is 91.2 cm³/mol. The van der Waals surface area contributed by atoms with Crippen molar-refractivity contribution in [3.63, 3.8) is 0 Å². The fraction of sp³-hybridized carbons (Fsp3) is 0.312.